The van der Waals surface area contributed by atoms with Crippen LogP contribution in [0, 0.1) is 6.57 Å². The van der Waals surface area contributed by atoms with Crippen LogP contribution in [0.4, 0.5) is 5.69 Å². The zero-order valence-electron chi connectivity index (χ0n) is 24.9. The summed E-state index contributed by atoms with van der Waals surface area (Å²) >= 11 is 0. The van der Waals surface area contributed by atoms with Gasteiger partial charge in [0.1, 0.15) is 5.75 Å². The second-order valence-corrected chi connectivity index (χ2v) is 7.10. The van der Waals surface area contributed by atoms with Gasteiger partial charge in [-0.15, -0.1) is 0 Å². The van der Waals surface area contributed by atoms with E-state index >= 15 is 0 Å². The van der Waals surface area contributed by atoms with E-state index in [4.69, 9.17) is 26.8 Å². The van der Waals surface area contributed by atoms with Crippen LogP contribution in [0.5, 0.6) is 5.75 Å². The molecule has 0 spiro atoms. The molecule has 6 nitrogen and oxygen atoms in total. The third kappa shape index (κ3) is 3.94. The molecule has 0 unspecified atom stereocenters. The van der Waals surface area contributed by atoms with E-state index in [0.717, 1.165) is 0 Å². The Morgan fingerprint density at radius 3 is 3.03 bits per heavy atom. The lowest BCUT2D eigenvalue weighted by Crippen LogP contribution is -2.19. The van der Waals surface area contributed by atoms with Gasteiger partial charge in [-0.3, -0.25) is 0 Å². The van der Waals surface area contributed by atoms with Crippen molar-refractivity contribution in [2.45, 2.75) is 52.1 Å². The summed E-state index contributed by atoms with van der Waals surface area (Å²) in [5, 5.41) is 7.07. The predicted octanol–water partition coefficient (Wildman–Crippen LogP) is 5.73. The van der Waals surface area contributed by atoms with Gasteiger partial charge in [-0.05, 0) is 68.9 Å². The molecular formula is C24H26N4O2. The fourth-order valence-corrected chi connectivity index (χ4v) is 3.38. The van der Waals surface area contributed by atoms with Crippen molar-refractivity contribution in [1.82, 2.24) is 15.5 Å². The fourth-order valence-electron chi connectivity index (χ4n) is 3.38. The van der Waals surface area contributed by atoms with Crippen LogP contribution < -0.4 is 10.1 Å². The van der Waals surface area contributed by atoms with E-state index in [1.54, 1.807) is 13.8 Å². The molecule has 1 aliphatic rings. The Kier molecular flexibility index (Phi) is 3.62. The number of rotatable bonds is 7. The standard InChI is InChI=1S/C24H26N4O2/c1-5-13-26-20-11-10-17-18(20)7-6-8-19(17)23-27-24(30-28-23)16-9-12-22(29-15(2)3)21(14-16)25-4/h6-9,12,14-15,20,26H,5,10-11,13H2,1-3H3/t20-/m0/s1/i5D2,6D,7D,8D,9D,12D,14D. The molecule has 1 heterocycles. The van der Waals surface area contributed by atoms with Crippen molar-refractivity contribution in [2.75, 3.05) is 6.54 Å². The quantitative estimate of drug-likeness (QED) is 0.504. The molecule has 1 aromatic heterocycles. The second kappa shape index (κ2) is 8.68. The third-order valence-electron chi connectivity index (χ3n) is 4.66. The second-order valence-electron chi connectivity index (χ2n) is 7.10. The molecular weight excluding hydrogens is 376 g/mol. The lowest BCUT2D eigenvalue weighted by Gasteiger charge is -2.13. The highest BCUT2D eigenvalue weighted by atomic mass is 16.5. The van der Waals surface area contributed by atoms with E-state index in [9.17, 15) is 0 Å². The maximum atomic E-state index is 8.53. The number of nitrogens with zero attached hydrogens (tertiary/aromatic N) is 3. The minimum atomic E-state index is -1.48. The predicted molar refractivity (Wildman–Crippen MR) is 117 cm³/mol. The maximum Gasteiger partial charge on any atom is 0.256 e. The molecule has 3 aromatic rings. The molecule has 0 saturated heterocycles. The summed E-state index contributed by atoms with van der Waals surface area (Å²) in [5.41, 5.74) is 0.783. The monoisotopic (exact) mass is 410 g/mol. The number of benzene rings is 2. The summed E-state index contributed by atoms with van der Waals surface area (Å²) in [6.45, 7) is 12.4. The lowest BCUT2D eigenvalue weighted by molar-refractivity contribution is 0.244. The molecule has 0 bridgehead atoms. The molecule has 1 aliphatic carbocycles. The van der Waals surface area contributed by atoms with Gasteiger partial charge in [-0.25, -0.2) is 4.85 Å². The van der Waals surface area contributed by atoms with E-state index in [1.165, 1.54) is 6.92 Å². The average Bonchev–Trinajstić information content (AvgIpc) is 3.47. The Morgan fingerprint density at radius 2 is 2.27 bits per heavy atom. The fraction of sp³-hybridized carbons (Fsp3) is 0.375. The largest absolute Gasteiger partial charge is 0.502 e. The smallest absolute Gasteiger partial charge is 0.256 e. The first-order valence-electron chi connectivity index (χ1n) is 13.6. The molecule has 0 aliphatic heterocycles. The van der Waals surface area contributed by atoms with Crippen molar-refractivity contribution in [3.05, 3.63) is 58.8 Å². The Morgan fingerprint density at radius 1 is 1.40 bits per heavy atom. The molecule has 4 rings (SSSR count). The first-order chi connectivity index (χ1) is 17.8. The van der Waals surface area contributed by atoms with Crippen molar-refractivity contribution >= 4 is 5.69 Å². The third-order valence-corrected chi connectivity index (χ3v) is 4.66. The molecule has 0 fully saturated rings. The van der Waals surface area contributed by atoms with E-state index in [2.05, 4.69) is 20.3 Å². The van der Waals surface area contributed by atoms with Crippen molar-refractivity contribution in [2.24, 2.45) is 0 Å². The van der Waals surface area contributed by atoms with Crippen LogP contribution in [0.25, 0.3) is 27.7 Å². The summed E-state index contributed by atoms with van der Waals surface area (Å²) in [4.78, 5) is 7.65. The minimum absolute atomic E-state index is 0.0438. The van der Waals surface area contributed by atoms with Crippen LogP contribution >= 0.6 is 0 Å². The topological polar surface area (TPSA) is 64.5 Å². The van der Waals surface area contributed by atoms with Crippen molar-refractivity contribution in [3.63, 3.8) is 0 Å². The van der Waals surface area contributed by atoms with Crippen molar-refractivity contribution in [1.29, 1.82) is 0 Å². The Balaban J connectivity index is 1.84. The van der Waals surface area contributed by atoms with Crippen LogP contribution in [0.3, 0.4) is 0 Å². The van der Waals surface area contributed by atoms with E-state index in [-0.39, 0.29) is 71.1 Å². The molecule has 30 heavy (non-hydrogen) atoms. The number of hydrogen-bond acceptors (Lipinski definition) is 5. The molecule has 0 amide bonds. The van der Waals surface area contributed by atoms with Gasteiger partial charge in [0, 0.05) is 21.3 Å². The first-order valence-corrected chi connectivity index (χ1v) is 9.65. The summed E-state index contributed by atoms with van der Waals surface area (Å²) in [6.07, 6.45) is -0.900. The summed E-state index contributed by atoms with van der Waals surface area (Å²) in [6, 6.07) is -2.33. The van der Waals surface area contributed by atoms with Crippen molar-refractivity contribution in [3.8, 4) is 28.6 Å². The van der Waals surface area contributed by atoms with E-state index < -0.39 is 24.5 Å². The van der Waals surface area contributed by atoms with Gasteiger partial charge in [0.25, 0.3) is 5.89 Å². The Labute approximate surface area is 188 Å². The van der Waals surface area contributed by atoms with Crippen LogP contribution in [0.1, 0.15) is 61.7 Å². The zero-order chi connectivity index (χ0) is 28.1. The van der Waals surface area contributed by atoms with Gasteiger partial charge < -0.3 is 14.6 Å². The Hall–Kier alpha value is -3.17. The molecule has 0 radical (unpaired) electrons. The number of nitrogens with one attached hydrogen (secondary N) is 1. The van der Waals surface area contributed by atoms with Crippen LogP contribution in [0.2, 0.25) is 0 Å². The summed E-state index contributed by atoms with van der Waals surface area (Å²) < 4.78 is 77.1. The molecule has 1 N–H and O–H groups in total. The summed E-state index contributed by atoms with van der Waals surface area (Å²) in [7, 11) is 0. The summed E-state index contributed by atoms with van der Waals surface area (Å²) in [5.74, 6) is -0.524. The lowest BCUT2D eigenvalue weighted by atomic mass is 10.0. The zero-order valence-corrected chi connectivity index (χ0v) is 16.9. The highest BCUT2D eigenvalue weighted by Crippen LogP contribution is 2.38. The SMILES string of the molecule is [2H]c1c([2H])c(-c2noc(-c3c([2H])c([2H])c(OC(C)C)c([N+]#[C-])c3[2H])n2)c2c(c1[2H])[C@@H](NCC([2H])([2H])C)CC2. The van der Waals surface area contributed by atoms with Crippen LogP contribution in [-0.2, 0) is 6.42 Å². The van der Waals surface area contributed by atoms with Crippen molar-refractivity contribution < 1.29 is 20.2 Å². The first kappa shape index (κ1) is 12.5. The molecule has 154 valence electrons. The number of fused-ring (bicyclic) bond motifs is 1. The molecule has 0 saturated carbocycles. The highest BCUT2D eigenvalue weighted by Gasteiger charge is 2.26. The van der Waals surface area contributed by atoms with Gasteiger partial charge >= 0.3 is 0 Å². The average molecular weight is 411 g/mol. The molecule has 1 atom stereocenters. The normalized spacial score (nSPS) is 19.5. The van der Waals surface area contributed by atoms with Gasteiger partial charge in [-0.2, -0.15) is 4.98 Å². The maximum absolute atomic E-state index is 8.53. The molecule has 2 aromatic carbocycles. The Bertz CT molecular complexity index is 1460. The van der Waals surface area contributed by atoms with E-state index in [0.29, 0.717) is 24.0 Å². The van der Waals surface area contributed by atoms with Gasteiger partial charge in [0.05, 0.1) is 19.5 Å². The number of hydrogen-bond donors (Lipinski definition) is 1. The van der Waals surface area contributed by atoms with Gasteiger partial charge in [0.15, 0.2) is 0 Å². The minimum Gasteiger partial charge on any atom is -0.502 e. The number of ether oxygens (including phenoxy) is 1. The van der Waals surface area contributed by atoms with Crippen LogP contribution in [0.15, 0.2) is 40.8 Å². The number of aromatic nitrogens is 2. The van der Waals surface area contributed by atoms with Crippen LogP contribution in [-0.4, -0.2) is 22.8 Å². The molecule has 6 heteroatoms. The highest BCUT2D eigenvalue weighted by molar-refractivity contribution is 5.70. The van der Waals surface area contributed by atoms with Gasteiger partial charge in [0.2, 0.25) is 11.5 Å². The van der Waals surface area contributed by atoms with E-state index in [1.807, 2.05) is 0 Å². The van der Waals surface area contributed by atoms with Gasteiger partial charge in [-0.1, -0.05) is 30.2 Å².